The molecule has 0 aromatic carbocycles. The minimum absolute atomic E-state index is 0.0266. The van der Waals surface area contributed by atoms with Crippen molar-refractivity contribution in [3.05, 3.63) is 11.8 Å². The van der Waals surface area contributed by atoms with Gasteiger partial charge in [-0.15, -0.1) is 0 Å². The summed E-state index contributed by atoms with van der Waals surface area (Å²) in [5.41, 5.74) is 0.630. The van der Waals surface area contributed by atoms with Crippen molar-refractivity contribution in [2.24, 2.45) is 23.2 Å². The molecule has 7 nitrogen and oxygen atoms in total. The van der Waals surface area contributed by atoms with E-state index in [4.69, 9.17) is 0 Å². The molecule has 0 spiro atoms. The summed E-state index contributed by atoms with van der Waals surface area (Å²) >= 11 is 0. The molecule has 4 bridgehead atoms. The lowest BCUT2D eigenvalue weighted by atomic mass is 9.49. The van der Waals surface area contributed by atoms with E-state index in [0.29, 0.717) is 12.2 Å². The molecule has 2 unspecified atom stereocenters. The Morgan fingerprint density at radius 1 is 1.24 bits per heavy atom. The van der Waals surface area contributed by atoms with E-state index in [2.05, 4.69) is 28.0 Å². The quantitative estimate of drug-likeness (QED) is 0.710. The fourth-order valence-corrected chi connectivity index (χ4v) is 6.87. The first kappa shape index (κ1) is 19.1. The third-order valence-electron chi connectivity index (χ3n) is 7.62. The molecule has 0 radical (unpaired) electrons. The van der Waals surface area contributed by atoms with Gasteiger partial charge < -0.3 is 10.6 Å². The topological polar surface area (TPSA) is 88.1 Å². The summed E-state index contributed by atoms with van der Waals surface area (Å²) < 4.78 is 1.74. The van der Waals surface area contributed by atoms with E-state index < -0.39 is 6.29 Å². The third-order valence-corrected chi connectivity index (χ3v) is 7.62. The first-order valence-electron chi connectivity index (χ1n) is 11.4. The Morgan fingerprint density at radius 3 is 2.52 bits per heavy atom. The molecule has 7 heteroatoms. The second-order valence-electron chi connectivity index (χ2n) is 10.1. The maximum atomic E-state index is 13.5. The summed E-state index contributed by atoms with van der Waals surface area (Å²) in [6, 6.07) is 2.05. The number of amides is 2. The van der Waals surface area contributed by atoms with E-state index in [1.807, 2.05) is 13.0 Å². The predicted molar refractivity (Wildman–Crippen MR) is 110 cm³/mol. The van der Waals surface area contributed by atoms with Gasteiger partial charge in [0.15, 0.2) is 6.29 Å². The molecule has 5 aliphatic rings. The van der Waals surface area contributed by atoms with E-state index in [9.17, 15) is 9.59 Å². The van der Waals surface area contributed by atoms with Crippen LogP contribution in [0.3, 0.4) is 0 Å². The third kappa shape index (κ3) is 3.47. The number of anilines is 1. The number of nitrogens with zero attached hydrogens (tertiary/aromatic N) is 2. The fourth-order valence-electron chi connectivity index (χ4n) is 6.87. The first-order valence-corrected chi connectivity index (χ1v) is 11.4. The molecule has 2 atom stereocenters. The molecule has 6 rings (SSSR count). The van der Waals surface area contributed by atoms with Crippen LogP contribution >= 0.6 is 0 Å². The lowest BCUT2D eigenvalue weighted by Crippen LogP contribution is -2.54. The van der Waals surface area contributed by atoms with Crippen LogP contribution in [0.4, 0.5) is 5.82 Å². The Morgan fingerprint density at radius 2 is 1.90 bits per heavy atom. The summed E-state index contributed by atoms with van der Waals surface area (Å²) in [5.74, 6) is 3.05. The molecular weight excluding hydrogens is 366 g/mol. The van der Waals surface area contributed by atoms with E-state index >= 15 is 0 Å². The minimum Gasteiger partial charge on any atom is -0.322 e. The van der Waals surface area contributed by atoms with Crippen LogP contribution in [-0.4, -0.2) is 27.6 Å². The highest BCUT2D eigenvalue weighted by Crippen LogP contribution is 2.60. The first-order chi connectivity index (χ1) is 13.9. The average molecular weight is 400 g/mol. The lowest BCUT2D eigenvalue weighted by Gasteiger charge is -2.55. The number of nitrogens with one attached hydrogen (secondary N) is 3. The van der Waals surface area contributed by atoms with Gasteiger partial charge in [0, 0.05) is 18.5 Å². The van der Waals surface area contributed by atoms with E-state index in [1.54, 1.807) is 4.68 Å². The molecular formula is C22H33N5O2. The van der Waals surface area contributed by atoms with Crippen LogP contribution in [0.15, 0.2) is 6.07 Å². The molecule has 1 aromatic heterocycles. The number of aryl methyl sites for hydroxylation is 1. The van der Waals surface area contributed by atoms with Gasteiger partial charge in [-0.25, -0.2) is 4.68 Å². The highest BCUT2D eigenvalue weighted by Gasteiger charge is 2.54. The van der Waals surface area contributed by atoms with Gasteiger partial charge in [-0.2, -0.15) is 5.10 Å². The highest BCUT2D eigenvalue weighted by atomic mass is 16.2. The molecule has 3 N–H and O–H groups in total. The molecule has 2 amide bonds. The van der Waals surface area contributed by atoms with Crippen molar-refractivity contribution in [2.45, 2.75) is 84.0 Å². The Hall–Kier alpha value is -1.89. The molecule has 1 aliphatic heterocycles. The Kier molecular flexibility index (Phi) is 4.68. The van der Waals surface area contributed by atoms with Gasteiger partial charge in [0.2, 0.25) is 11.8 Å². The molecule has 29 heavy (non-hydrogen) atoms. The number of carbonyl (C=O) groups excluding carboxylic acids is 2. The predicted octanol–water partition coefficient (Wildman–Crippen LogP) is 3.08. The second kappa shape index (κ2) is 7.11. The number of rotatable bonds is 5. The fraction of sp³-hybridized carbons (Fsp3) is 0.773. The average Bonchev–Trinajstić information content (AvgIpc) is 3.00. The van der Waals surface area contributed by atoms with Crippen molar-refractivity contribution >= 4 is 17.6 Å². The summed E-state index contributed by atoms with van der Waals surface area (Å²) in [6.07, 6.45) is 9.10. The molecule has 4 saturated carbocycles. The summed E-state index contributed by atoms with van der Waals surface area (Å²) in [5, 5.41) is 14.3. The normalized spacial score (nSPS) is 38.1. The van der Waals surface area contributed by atoms with Crippen LogP contribution in [0.25, 0.3) is 0 Å². The molecule has 5 fully saturated rings. The smallest absolute Gasteiger partial charge is 0.231 e. The van der Waals surface area contributed by atoms with Crippen LogP contribution in [-0.2, 0) is 9.59 Å². The van der Waals surface area contributed by atoms with Crippen LogP contribution in [0.2, 0.25) is 0 Å². The SMILES string of the molecule is CCCC1CC(=O)NC(n2nc(C)cc2NC(=O)C23CC4CC(CC(C4)C2)C3)N1. The Bertz CT molecular complexity index is 781. The van der Waals surface area contributed by atoms with Crippen molar-refractivity contribution in [3.8, 4) is 0 Å². The molecule has 1 aromatic rings. The van der Waals surface area contributed by atoms with Crippen LogP contribution in [0, 0.1) is 30.1 Å². The zero-order chi connectivity index (χ0) is 20.2. The van der Waals surface area contributed by atoms with E-state index in [-0.39, 0.29) is 23.3 Å². The number of hydrogen-bond acceptors (Lipinski definition) is 4. The zero-order valence-electron chi connectivity index (χ0n) is 17.5. The summed E-state index contributed by atoms with van der Waals surface area (Å²) in [4.78, 5) is 25.7. The van der Waals surface area contributed by atoms with Crippen molar-refractivity contribution in [1.29, 1.82) is 0 Å². The van der Waals surface area contributed by atoms with Gasteiger partial charge >= 0.3 is 0 Å². The Balaban J connectivity index is 1.36. The van der Waals surface area contributed by atoms with E-state index in [1.165, 1.54) is 19.3 Å². The summed E-state index contributed by atoms with van der Waals surface area (Å²) in [6.45, 7) is 4.05. The molecule has 158 valence electrons. The van der Waals surface area contributed by atoms with Crippen molar-refractivity contribution in [1.82, 2.24) is 20.4 Å². The van der Waals surface area contributed by atoms with Crippen LogP contribution in [0.5, 0.6) is 0 Å². The number of hydrogen-bond donors (Lipinski definition) is 3. The Labute approximate surface area is 172 Å². The monoisotopic (exact) mass is 399 g/mol. The van der Waals surface area contributed by atoms with Gasteiger partial charge in [0.05, 0.1) is 11.1 Å². The standard InChI is InChI=1S/C22H33N5O2/c1-3-4-17-9-19(28)25-21(23-17)27-18(5-13(2)26-27)24-20(29)22-10-14-6-15(11-22)8-16(7-14)12-22/h5,14-17,21,23H,3-4,6-12H2,1-2H3,(H,24,29)(H,25,28). The lowest BCUT2D eigenvalue weighted by molar-refractivity contribution is -0.140. The molecule has 4 aliphatic carbocycles. The molecule has 2 heterocycles. The maximum Gasteiger partial charge on any atom is 0.231 e. The van der Waals surface area contributed by atoms with Crippen LogP contribution < -0.4 is 16.0 Å². The van der Waals surface area contributed by atoms with Gasteiger partial charge in [-0.1, -0.05) is 13.3 Å². The zero-order valence-corrected chi connectivity index (χ0v) is 17.5. The van der Waals surface area contributed by atoms with Gasteiger partial charge in [-0.05, 0) is 69.6 Å². The largest absolute Gasteiger partial charge is 0.322 e. The van der Waals surface area contributed by atoms with Gasteiger partial charge in [0.1, 0.15) is 5.82 Å². The number of carbonyl (C=O) groups is 2. The minimum atomic E-state index is -0.423. The number of aromatic nitrogens is 2. The second-order valence-corrected chi connectivity index (χ2v) is 10.1. The van der Waals surface area contributed by atoms with Gasteiger partial charge in [-0.3, -0.25) is 14.9 Å². The van der Waals surface area contributed by atoms with Crippen molar-refractivity contribution in [2.75, 3.05) is 5.32 Å². The van der Waals surface area contributed by atoms with Crippen LogP contribution in [0.1, 0.15) is 76.7 Å². The van der Waals surface area contributed by atoms with E-state index in [0.717, 1.165) is 55.6 Å². The maximum absolute atomic E-state index is 13.5. The van der Waals surface area contributed by atoms with Crippen molar-refractivity contribution < 1.29 is 9.59 Å². The molecule has 1 saturated heterocycles. The highest BCUT2D eigenvalue weighted by molar-refractivity contribution is 5.95. The van der Waals surface area contributed by atoms with Crippen molar-refractivity contribution in [3.63, 3.8) is 0 Å². The van der Waals surface area contributed by atoms with Gasteiger partial charge in [0.25, 0.3) is 0 Å². The summed E-state index contributed by atoms with van der Waals surface area (Å²) in [7, 11) is 0.